The molecular formula is C17H15NO2. The van der Waals surface area contributed by atoms with Crippen LogP contribution in [0, 0.1) is 0 Å². The van der Waals surface area contributed by atoms with Crippen LogP contribution in [0.2, 0.25) is 0 Å². The highest BCUT2D eigenvalue weighted by Gasteiger charge is 2.28. The normalized spacial score (nSPS) is 17.6. The van der Waals surface area contributed by atoms with Crippen LogP contribution in [0.3, 0.4) is 0 Å². The maximum absolute atomic E-state index is 5.53. The summed E-state index contributed by atoms with van der Waals surface area (Å²) in [7, 11) is 1.65. The van der Waals surface area contributed by atoms with Crippen molar-refractivity contribution in [3.63, 3.8) is 0 Å². The molecule has 3 rings (SSSR count). The monoisotopic (exact) mass is 265 g/mol. The number of rotatable bonds is 3. The van der Waals surface area contributed by atoms with Crippen LogP contribution in [-0.4, -0.2) is 12.8 Å². The van der Waals surface area contributed by atoms with Crippen molar-refractivity contribution in [2.45, 2.75) is 6.10 Å². The fourth-order valence-electron chi connectivity index (χ4n) is 2.23. The van der Waals surface area contributed by atoms with E-state index >= 15 is 0 Å². The van der Waals surface area contributed by atoms with E-state index in [4.69, 9.17) is 9.57 Å². The predicted molar refractivity (Wildman–Crippen MR) is 78.9 cm³/mol. The van der Waals surface area contributed by atoms with Crippen molar-refractivity contribution in [1.29, 1.82) is 0 Å². The van der Waals surface area contributed by atoms with E-state index in [1.807, 2.05) is 54.6 Å². The molecule has 0 bridgehead atoms. The van der Waals surface area contributed by atoms with Crippen LogP contribution < -0.4 is 4.74 Å². The minimum absolute atomic E-state index is 0.201. The van der Waals surface area contributed by atoms with E-state index in [1.165, 1.54) is 0 Å². The Bertz CT molecular complexity index is 644. The first-order valence-corrected chi connectivity index (χ1v) is 6.42. The van der Waals surface area contributed by atoms with Crippen molar-refractivity contribution in [3.05, 3.63) is 77.9 Å². The van der Waals surface area contributed by atoms with Gasteiger partial charge in [-0.15, -0.1) is 0 Å². The third kappa shape index (κ3) is 2.18. The summed E-state index contributed by atoms with van der Waals surface area (Å²) in [5.74, 6) is 0.818. The zero-order valence-electron chi connectivity index (χ0n) is 11.2. The molecule has 3 heteroatoms. The first kappa shape index (κ1) is 12.5. The molecule has 100 valence electrons. The van der Waals surface area contributed by atoms with E-state index < -0.39 is 0 Å². The van der Waals surface area contributed by atoms with Gasteiger partial charge in [0.1, 0.15) is 11.5 Å². The van der Waals surface area contributed by atoms with Crippen LogP contribution in [0.25, 0.3) is 0 Å². The molecule has 1 unspecified atom stereocenters. The molecule has 0 spiro atoms. The third-order valence-electron chi connectivity index (χ3n) is 3.34. The molecule has 0 saturated heterocycles. The molecule has 1 aliphatic rings. The topological polar surface area (TPSA) is 30.8 Å². The predicted octanol–water partition coefficient (Wildman–Crippen LogP) is 3.73. The largest absolute Gasteiger partial charge is 0.497 e. The Morgan fingerprint density at radius 1 is 1.05 bits per heavy atom. The first-order chi connectivity index (χ1) is 9.79. The average molecular weight is 265 g/mol. The highest BCUT2D eigenvalue weighted by Crippen LogP contribution is 2.33. The van der Waals surface area contributed by atoms with Gasteiger partial charge in [0.25, 0.3) is 0 Å². The minimum Gasteiger partial charge on any atom is -0.497 e. The van der Waals surface area contributed by atoms with Crippen molar-refractivity contribution in [2.75, 3.05) is 7.11 Å². The number of nitrogens with zero attached hydrogens (tertiary/aromatic N) is 1. The molecule has 2 aromatic rings. The van der Waals surface area contributed by atoms with E-state index in [1.54, 1.807) is 7.11 Å². The molecule has 1 heterocycles. The van der Waals surface area contributed by atoms with Gasteiger partial charge in [-0.2, -0.15) is 0 Å². The van der Waals surface area contributed by atoms with Crippen molar-refractivity contribution in [2.24, 2.45) is 5.16 Å². The van der Waals surface area contributed by atoms with Crippen LogP contribution in [0.4, 0.5) is 0 Å². The van der Waals surface area contributed by atoms with Gasteiger partial charge >= 0.3 is 0 Å². The van der Waals surface area contributed by atoms with Crippen molar-refractivity contribution in [1.82, 2.24) is 0 Å². The van der Waals surface area contributed by atoms with Crippen LogP contribution >= 0.6 is 0 Å². The number of ether oxygens (including phenoxy) is 1. The molecule has 0 N–H and O–H groups in total. The summed E-state index contributed by atoms with van der Waals surface area (Å²) >= 11 is 0. The second kappa shape index (κ2) is 5.21. The summed E-state index contributed by atoms with van der Waals surface area (Å²) in [6.45, 7) is 4.13. The fraction of sp³-hybridized carbons (Fsp3) is 0.118. The van der Waals surface area contributed by atoms with Crippen molar-refractivity contribution < 1.29 is 9.57 Å². The number of benzene rings is 2. The van der Waals surface area contributed by atoms with E-state index in [2.05, 4.69) is 11.7 Å². The summed E-state index contributed by atoms with van der Waals surface area (Å²) < 4.78 is 5.16. The van der Waals surface area contributed by atoms with Gasteiger partial charge in [0.05, 0.1) is 7.11 Å². The quantitative estimate of drug-likeness (QED) is 0.846. The van der Waals surface area contributed by atoms with E-state index in [0.29, 0.717) is 0 Å². The average Bonchev–Trinajstić information content (AvgIpc) is 2.90. The van der Waals surface area contributed by atoms with Crippen LogP contribution in [-0.2, 0) is 4.84 Å². The lowest BCUT2D eigenvalue weighted by molar-refractivity contribution is 0.105. The number of oxime groups is 1. The standard InChI is InChI=1S/C17H15NO2/c1-12-16(13-8-10-15(19-2)11-9-13)18-20-17(12)14-6-4-3-5-7-14/h3-11,17H,1H2,2H3. The molecule has 0 fully saturated rings. The SMILES string of the molecule is C=C1C(c2ccc(OC)cc2)=NOC1c1ccccc1. The lowest BCUT2D eigenvalue weighted by atomic mass is 9.96. The minimum atomic E-state index is -0.201. The first-order valence-electron chi connectivity index (χ1n) is 6.42. The molecule has 0 saturated carbocycles. The highest BCUT2D eigenvalue weighted by atomic mass is 16.6. The van der Waals surface area contributed by atoms with Crippen molar-refractivity contribution in [3.8, 4) is 5.75 Å². The second-order valence-corrected chi connectivity index (χ2v) is 4.59. The van der Waals surface area contributed by atoms with E-state index in [0.717, 1.165) is 28.2 Å². The molecule has 3 nitrogen and oxygen atoms in total. The van der Waals surface area contributed by atoms with Crippen LogP contribution in [0.5, 0.6) is 5.75 Å². The molecule has 0 radical (unpaired) electrons. The maximum atomic E-state index is 5.53. The molecular weight excluding hydrogens is 250 g/mol. The van der Waals surface area contributed by atoms with Gasteiger partial charge < -0.3 is 9.57 Å². The molecule has 0 amide bonds. The van der Waals surface area contributed by atoms with Gasteiger partial charge in [0, 0.05) is 11.1 Å². The summed E-state index contributed by atoms with van der Waals surface area (Å²) in [5, 5.41) is 4.18. The Labute approximate surface area is 118 Å². The molecule has 1 aliphatic heterocycles. The Balaban J connectivity index is 1.84. The summed E-state index contributed by atoms with van der Waals surface area (Å²) in [5.41, 5.74) is 3.71. The van der Waals surface area contributed by atoms with Gasteiger partial charge in [-0.05, 0) is 29.8 Å². The van der Waals surface area contributed by atoms with Gasteiger partial charge in [0.2, 0.25) is 0 Å². The van der Waals surface area contributed by atoms with E-state index in [9.17, 15) is 0 Å². The third-order valence-corrected chi connectivity index (χ3v) is 3.34. The molecule has 1 atom stereocenters. The molecule has 0 aromatic heterocycles. The number of methoxy groups -OCH3 is 1. The molecule has 2 aromatic carbocycles. The van der Waals surface area contributed by atoms with Gasteiger partial charge in [0.15, 0.2) is 6.10 Å². The smallest absolute Gasteiger partial charge is 0.179 e. The van der Waals surface area contributed by atoms with E-state index in [-0.39, 0.29) is 6.10 Å². The zero-order chi connectivity index (χ0) is 13.9. The Morgan fingerprint density at radius 3 is 2.40 bits per heavy atom. The maximum Gasteiger partial charge on any atom is 0.179 e. The Morgan fingerprint density at radius 2 is 1.75 bits per heavy atom. The van der Waals surface area contributed by atoms with Crippen LogP contribution in [0.15, 0.2) is 71.9 Å². The van der Waals surface area contributed by atoms with Crippen molar-refractivity contribution >= 4 is 5.71 Å². The molecule has 20 heavy (non-hydrogen) atoms. The number of hydrogen-bond acceptors (Lipinski definition) is 3. The summed E-state index contributed by atoms with van der Waals surface area (Å²) in [4.78, 5) is 5.53. The Hall–Kier alpha value is -2.55. The lowest BCUT2D eigenvalue weighted by Gasteiger charge is -2.10. The van der Waals surface area contributed by atoms with Crippen LogP contribution in [0.1, 0.15) is 17.2 Å². The van der Waals surface area contributed by atoms with Gasteiger partial charge in [-0.1, -0.05) is 42.1 Å². The Kier molecular flexibility index (Phi) is 3.25. The fourth-order valence-corrected chi connectivity index (χ4v) is 2.23. The molecule has 0 aliphatic carbocycles. The van der Waals surface area contributed by atoms with Gasteiger partial charge in [-0.25, -0.2) is 0 Å². The lowest BCUT2D eigenvalue weighted by Crippen LogP contribution is -2.05. The number of hydrogen-bond donors (Lipinski definition) is 0. The van der Waals surface area contributed by atoms with Gasteiger partial charge in [-0.3, -0.25) is 0 Å². The zero-order valence-corrected chi connectivity index (χ0v) is 11.2. The summed E-state index contributed by atoms with van der Waals surface area (Å²) in [6, 6.07) is 17.7. The second-order valence-electron chi connectivity index (χ2n) is 4.59. The summed E-state index contributed by atoms with van der Waals surface area (Å²) in [6.07, 6.45) is -0.201. The highest BCUT2D eigenvalue weighted by molar-refractivity contribution is 6.13.